The van der Waals surface area contributed by atoms with Gasteiger partial charge in [0.25, 0.3) is 0 Å². The maximum atomic E-state index is 12.7. The van der Waals surface area contributed by atoms with Crippen molar-refractivity contribution in [2.45, 2.75) is 26.2 Å². The van der Waals surface area contributed by atoms with Crippen molar-refractivity contribution in [3.05, 3.63) is 52.9 Å². The van der Waals surface area contributed by atoms with Crippen LogP contribution in [0.5, 0.6) is 0 Å². The lowest BCUT2D eigenvalue weighted by molar-refractivity contribution is -0.125. The Labute approximate surface area is 169 Å². The Morgan fingerprint density at radius 3 is 3.14 bits per heavy atom. The van der Waals surface area contributed by atoms with Gasteiger partial charge in [-0.2, -0.15) is 0 Å². The SMILES string of the molecule is Cc1ccnc(N2CCC[C@@H](C(=O)NCCc3c[nH]c4ccc(Cl)cc34)C2)n1. The quantitative estimate of drug-likeness (QED) is 0.691. The van der Waals surface area contributed by atoms with Gasteiger partial charge in [-0.05, 0) is 56.0 Å². The standard InChI is InChI=1S/C21H24ClN5O/c1-14-6-8-24-21(26-14)27-10-2-3-16(13-27)20(28)23-9-7-15-12-25-19-5-4-17(22)11-18(15)19/h4-6,8,11-12,16,25H,2-3,7,9-10,13H2,1H3,(H,23,28)/t16-/m1/s1. The van der Waals surface area contributed by atoms with Crippen LogP contribution in [0.25, 0.3) is 10.9 Å². The Morgan fingerprint density at radius 1 is 1.39 bits per heavy atom. The Morgan fingerprint density at radius 2 is 2.29 bits per heavy atom. The van der Waals surface area contributed by atoms with Crippen LogP contribution in [0.3, 0.4) is 0 Å². The number of nitrogens with one attached hydrogen (secondary N) is 2. The van der Waals surface area contributed by atoms with Crippen LogP contribution < -0.4 is 10.2 Å². The fourth-order valence-electron chi connectivity index (χ4n) is 3.78. The smallest absolute Gasteiger partial charge is 0.225 e. The van der Waals surface area contributed by atoms with Crippen LogP contribution in [-0.2, 0) is 11.2 Å². The van der Waals surface area contributed by atoms with Crippen molar-refractivity contribution in [3.63, 3.8) is 0 Å². The van der Waals surface area contributed by atoms with E-state index in [1.165, 1.54) is 0 Å². The molecule has 0 saturated carbocycles. The van der Waals surface area contributed by atoms with Crippen LogP contribution in [0, 0.1) is 12.8 Å². The van der Waals surface area contributed by atoms with Gasteiger partial charge in [-0.3, -0.25) is 4.79 Å². The molecule has 1 amide bonds. The highest BCUT2D eigenvalue weighted by Gasteiger charge is 2.27. The molecule has 2 N–H and O–H groups in total. The number of amides is 1. The summed E-state index contributed by atoms with van der Waals surface area (Å²) in [7, 11) is 0. The first-order valence-corrected chi connectivity index (χ1v) is 10.1. The molecule has 1 atom stereocenters. The lowest BCUT2D eigenvalue weighted by Crippen LogP contribution is -2.44. The van der Waals surface area contributed by atoms with E-state index in [9.17, 15) is 4.79 Å². The van der Waals surface area contributed by atoms with Gasteiger partial charge >= 0.3 is 0 Å². The van der Waals surface area contributed by atoms with E-state index < -0.39 is 0 Å². The molecule has 3 heterocycles. The molecule has 0 bridgehead atoms. The van der Waals surface area contributed by atoms with Gasteiger partial charge in [-0.15, -0.1) is 0 Å². The van der Waals surface area contributed by atoms with Crippen LogP contribution in [0.2, 0.25) is 5.02 Å². The third-order valence-electron chi connectivity index (χ3n) is 5.28. The predicted octanol–water partition coefficient (Wildman–Crippen LogP) is 3.50. The highest BCUT2D eigenvalue weighted by molar-refractivity contribution is 6.31. The zero-order valence-corrected chi connectivity index (χ0v) is 16.7. The van der Waals surface area contributed by atoms with Crippen LogP contribution in [0.15, 0.2) is 36.7 Å². The van der Waals surface area contributed by atoms with E-state index in [1.54, 1.807) is 6.20 Å². The highest BCUT2D eigenvalue weighted by Crippen LogP contribution is 2.23. The molecule has 28 heavy (non-hydrogen) atoms. The maximum absolute atomic E-state index is 12.7. The summed E-state index contributed by atoms with van der Waals surface area (Å²) in [4.78, 5) is 26.9. The number of piperidine rings is 1. The minimum Gasteiger partial charge on any atom is -0.361 e. The number of H-pyrrole nitrogens is 1. The molecule has 1 fully saturated rings. The van der Waals surface area contributed by atoms with E-state index in [0.717, 1.165) is 53.0 Å². The summed E-state index contributed by atoms with van der Waals surface area (Å²) in [6.45, 7) is 4.12. The second kappa shape index (κ2) is 8.19. The summed E-state index contributed by atoms with van der Waals surface area (Å²) in [6, 6.07) is 7.70. The molecule has 4 rings (SSSR count). The predicted molar refractivity (Wildman–Crippen MR) is 112 cm³/mol. The van der Waals surface area contributed by atoms with Crippen LogP contribution in [0.4, 0.5) is 5.95 Å². The second-order valence-electron chi connectivity index (χ2n) is 7.33. The van der Waals surface area contributed by atoms with Gasteiger partial charge in [0, 0.05) is 53.6 Å². The molecule has 1 aliphatic rings. The summed E-state index contributed by atoms with van der Waals surface area (Å²) in [5.74, 6) is 0.790. The average molecular weight is 398 g/mol. The van der Waals surface area contributed by atoms with Crippen LogP contribution in [-0.4, -0.2) is 40.5 Å². The van der Waals surface area contributed by atoms with Gasteiger partial charge in [0.1, 0.15) is 0 Å². The molecule has 1 aliphatic heterocycles. The van der Waals surface area contributed by atoms with Crippen molar-refractivity contribution in [1.29, 1.82) is 0 Å². The van der Waals surface area contributed by atoms with Gasteiger partial charge in [-0.25, -0.2) is 9.97 Å². The highest BCUT2D eigenvalue weighted by atomic mass is 35.5. The van der Waals surface area contributed by atoms with Crippen molar-refractivity contribution >= 4 is 34.4 Å². The molecule has 0 aliphatic carbocycles. The molecule has 2 aromatic heterocycles. The largest absolute Gasteiger partial charge is 0.361 e. The number of benzene rings is 1. The lowest BCUT2D eigenvalue weighted by atomic mass is 9.97. The van der Waals surface area contributed by atoms with E-state index in [-0.39, 0.29) is 11.8 Å². The summed E-state index contributed by atoms with van der Waals surface area (Å²) in [6.07, 6.45) is 6.40. The third kappa shape index (κ3) is 4.12. The van der Waals surface area contributed by atoms with E-state index >= 15 is 0 Å². The molecule has 0 unspecified atom stereocenters. The monoisotopic (exact) mass is 397 g/mol. The van der Waals surface area contributed by atoms with E-state index in [0.29, 0.717) is 19.0 Å². The first-order valence-electron chi connectivity index (χ1n) is 9.68. The molecule has 1 saturated heterocycles. The molecule has 0 spiro atoms. The van der Waals surface area contributed by atoms with Crippen molar-refractivity contribution in [1.82, 2.24) is 20.3 Å². The summed E-state index contributed by atoms with van der Waals surface area (Å²) in [5, 5.41) is 4.93. The number of hydrogen-bond acceptors (Lipinski definition) is 4. The molecule has 1 aromatic carbocycles. The van der Waals surface area contributed by atoms with Crippen molar-refractivity contribution in [3.8, 4) is 0 Å². The molecule has 6 nitrogen and oxygen atoms in total. The second-order valence-corrected chi connectivity index (χ2v) is 7.76. The number of aromatic nitrogens is 3. The lowest BCUT2D eigenvalue weighted by Gasteiger charge is -2.32. The zero-order chi connectivity index (χ0) is 19.5. The molecule has 146 valence electrons. The number of nitrogens with zero attached hydrogens (tertiary/aromatic N) is 3. The number of rotatable bonds is 5. The number of hydrogen-bond donors (Lipinski definition) is 2. The minimum absolute atomic E-state index is 0.0322. The molecular weight excluding hydrogens is 374 g/mol. The molecular formula is C21H24ClN5O. The van der Waals surface area contributed by atoms with Crippen LogP contribution in [0.1, 0.15) is 24.1 Å². The summed E-state index contributed by atoms with van der Waals surface area (Å²) >= 11 is 6.11. The van der Waals surface area contributed by atoms with Crippen molar-refractivity contribution < 1.29 is 4.79 Å². The third-order valence-corrected chi connectivity index (χ3v) is 5.52. The fourth-order valence-corrected chi connectivity index (χ4v) is 3.96. The van der Waals surface area contributed by atoms with Gasteiger partial charge < -0.3 is 15.2 Å². The van der Waals surface area contributed by atoms with E-state index in [2.05, 4.69) is 25.2 Å². The first-order chi connectivity index (χ1) is 13.6. The van der Waals surface area contributed by atoms with Crippen LogP contribution >= 0.6 is 11.6 Å². The van der Waals surface area contributed by atoms with Crippen molar-refractivity contribution in [2.24, 2.45) is 5.92 Å². The maximum Gasteiger partial charge on any atom is 0.225 e. The van der Waals surface area contributed by atoms with E-state index in [1.807, 2.05) is 37.4 Å². The minimum atomic E-state index is -0.0322. The Kier molecular flexibility index (Phi) is 5.48. The summed E-state index contributed by atoms with van der Waals surface area (Å²) in [5.41, 5.74) is 3.17. The normalized spacial score (nSPS) is 17.1. The fraction of sp³-hybridized carbons (Fsp3) is 0.381. The van der Waals surface area contributed by atoms with Gasteiger partial charge in [-0.1, -0.05) is 11.6 Å². The molecule has 3 aromatic rings. The van der Waals surface area contributed by atoms with Gasteiger partial charge in [0.05, 0.1) is 5.92 Å². The zero-order valence-electron chi connectivity index (χ0n) is 15.9. The number of anilines is 1. The number of halogens is 1. The van der Waals surface area contributed by atoms with Gasteiger partial charge in [0.2, 0.25) is 11.9 Å². The van der Waals surface area contributed by atoms with Crippen molar-refractivity contribution in [2.75, 3.05) is 24.5 Å². The molecule has 0 radical (unpaired) electrons. The number of carbonyl (C=O) groups excluding carboxylic acids is 1. The number of carbonyl (C=O) groups is 1. The Hall–Kier alpha value is -2.60. The van der Waals surface area contributed by atoms with E-state index in [4.69, 9.17) is 11.6 Å². The Balaban J connectivity index is 1.33. The topological polar surface area (TPSA) is 73.9 Å². The number of aromatic amines is 1. The Bertz CT molecular complexity index is 986. The summed E-state index contributed by atoms with van der Waals surface area (Å²) < 4.78 is 0. The number of fused-ring (bicyclic) bond motifs is 1. The van der Waals surface area contributed by atoms with Gasteiger partial charge in [0.15, 0.2) is 0 Å². The first kappa shape index (κ1) is 18.7. The molecule has 7 heteroatoms. The average Bonchev–Trinajstić information content (AvgIpc) is 3.10. The number of aryl methyl sites for hydroxylation is 1.